The number of benzene rings is 1. The van der Waals surface area contributed by atoms with Crippen LogP contribution in [0.2, 0.25) is 0 Å². The van der Waals surface area contributed by atoms with Crippen LogP contribution in [0, 0.1) is 13.8 Å². The summed E-state index contributed by atoms with van der Waals surface area (Å²) in [4.78, 5) is 5.41. The van der Waals surface area contributed by atoms with Gasteiger partial charge >= 0.3 is 0 Å². The summed E-state index contributed by atoms with van der Waals surface area (Å²) >= 11 is 1.76. The van der Waals surface area contributed by atoms with Crippen molar-refractivity contribution in [2.45, 2.75) is 39.8 Å². The van der Waals surface area contributed by atoms with Crippen molar-refractivity contribution in [3.8, 4) is 0 Å². The molecule has 1 aromatic carbocycles. The average Bonchev–Trinajstić information content (AvgIpc) is 3.38. The van der Waals surface area contributed by atoms with Crippen molar-refractivity contribution in [3.63, 3.8) is 0 Å². The predicted molar refractivity (Wildman–Crippen MR) is 113 cm³/mol. The van der Waals surface area contributed by atoms with Gasteiger partial charge in [-0.2, -0.15) is 0 Å². The predicted octanol–water partition coefficient (Wildman–Crippen LogP) is 2.26. The first kappa shape index (κ1) is 19.1. The van der Waals surface area contributed by atoms with Gasteiger partial charge in [-0.05, 0) is 52.9 Å². The highest BCUT2D eigenvalue weighted by Gasteiger charge is 2.31. The Morgan fingerprint density at radius 2 is 1.96 bits per heavy atom. The summed E-state index contributed by atoms with van der Waals surface area (Å²) in [6.07, 6.45) is 1.05. The lowest BCUT2D eigenvalue weighted by Gasteiger charge is -2.37. The Morgan fingerprint density at radius 1 is 1.14 bits per heavy atom. The van der Waals surface area contributed by atoms with Crippen LogP contribution in [0.4, 0.5) is 5.69 Å². The van der Waals surface area contributed by atoms with E-state index in [1.165, 1.54) is 21.7 Å². The molecule has 3 heterocycles. The van der Waals surface area contributed by atoms with Gasteiger partial charge in [-0.3, -0.25) is 0 Å². The fourth-order valence-electron chi connectivity index (χ4n) is 4.24. The van der Waals surface area contributed by atoms with Crippen LogP contribution in [0.15, 0.2) is 35.7 Å². The van der Waals surface area contributed by atoms with E-state index in [-0.39, 0.29) is 0 Å². The summed E-state index contributed by atoms with van der Waals surface area (Å²) in [7, 11) is 0. The number of aromatic nitrogens is 4. The van der Waals surface area contributed by atoms with Crippen molar-refractivity contribution in [2.75, 3.05) is 31.1 Å². The molecule has 0 amide bonds. The number of thiophene rings is 1. The molecule has 7 heteroatoms. The SMILES string of the molecule is CC[C@@H](c1nnnn1Cc1cccs1)[NH+]1CCN(c2cccc(C)c2C)CC1. The summed E-state index contributed by atoms with van der Waals surface area (Å²) in [6.45, 7) is 11.8. The molecular formula is C21H29N6S+. The van der Waals surface area contributed by atoms with Gasteiger partial charge in [-0.1, -0.05) is 25.1 Å². The van der Waals surface area contributed by atoms with E-state index in [0.717, 1.165) is 45.0 Å². The number of aryl methyl sites for hydroxylation is 1. The highest BCUT2D eigenvalue weighted by atomic mass is 32.1. The van der Waals surface area contributed by atoms with Gasteiger partial charge in [0.25, 0.3) is 0 Å². The number of hydrogen-bond acceptors (Lipinski definition) is 5. The molecule has 0 bridgehead atoms. The number of nitrogens with zero attached hydrogens (tertiary/aromatic N) is 5. The normalized spacial score (nSPS) is 16.5. The molecule has 0 radical (unpaired) electrons. The van der Waals surface area contributed by atoms with Crippen molar-refractivity contribution < 1.29 is 4.90 Å². The van der Waals surface area contributed by atoms with Crippen LogP contribution in [0.1, 0.15) is 41.2 Å². The number of piperazine rings is 1. The molecule has 1 fully saturated rings. The minimum atomic E-state index is 0.343. The van der Waals surface area contributed by atoms with Crippen LogP contribution in [0.5, 0.6) is 0 Å². The summed E-state index contributed by atoms with van der Waals surface area (Å²) in [6, 6.07) is 11.2. The van der Waals surface area contributed by atoms with Crippen molar-refractivity contribution in [1.82, 2.24) is 20.2 Å². The Hall–Kier alpha value is -2.25. The molecular weight excluding hydrogens is 368 g/mol. The van der Waals surface area contributed by atoms with Crippen molar-refractivity contribution >= 4 is 17.0 Å². The molecule has 4 rings (SSSR count). The third-order valence-corrected chi connectivity index (χ3v) is 6.84. The standard InChI is InChI=1S/C21H28N6S/c1-4-19(21-22-23-24-27(21)15-18-8-6-14-28-18)25-10-12-26(13-11-25)20-9-5-7-16(2)17(20)3/h5-9,14,19H,4,10-13,15H2,1-3H3/p+1/t19-/m0/s1. The molecule has 148 valence electrons. The molecule has 1 atom stereocenters. The quantitative estimate of drug-likeness (QED) is 0.693. The minimum absolute atomic E-state index is 0.343. The maximum Gasteiger partial charge on any atom is 0.209 e. The Labute approximate surface area is 170 Å². The zero-order chi connectivity index (χ0) is 19.5. The van der Waals surface area contributed by atoms with Crippen molar-refractivity contribution in [2.24, 2.45) is 0 Å². The van der Waals surface area contributed by atoms with E-state index in [1.54, 1.807) is 16.2 Å². The number of quaternary nitrogens is 1. The fraction of sp³-hybridized carbons (Fsp3) is 0.476. The van der Waals surface area contributed by atoms with Crippen molar-refractivity contribution in [3.05, 3.63) is 57.5 Å². The maximum absolute atomic E-state index is 4.42. The van der Waals surface area contributed by atoms with Crippen molar-refractivity contribution in [1.29, 1.82) is 0 Å². The molecule has 28 heavy (non-hydrogen) atoms. The van der Waals surface area contributed by atoms with E-state index in [0.29, 0.717) is 6.04 Å². The number of nitrogens with one attached hydrogen (secondary N) is 1. The lowest BCUT2D eigenvalue weighted by Crippen LogP contribution is -3.15. The van der Waals surface area contributed by atoms with E-state index in [4.69, 9.17) is 0 Å². The topological polar surface area (TPSA) is 51.3 Å². The van der Waals surface area contributed by atoms with Crippen LogP contribution in [0.25, 0.3) is 0 Å². The van der Waals surface area contributed by atoms with Crippen LogP contribution < -0.4 is 9.80 Å². The highest BCUT2D eigenvalue weighted by molar-refractivity contribution is 7.09. The summed E-state index contributed by atoms with van der Waals surface area (Å²) < 4.78 is 1.99. The van der Waals surface area contributed by atoms with Crippen LogP contribution in [0.3, 0.4) is 0 Å². The van der Waals surface area contributed by atoms with E-state index < -0.39 is 0 Å². The first-order chi connectivity index (χ1) is 13.7. The van der Waals surface area contributed by atoms with Gasteiger partial charge in [0.15, 0.2) is 0 Å². The molecule has 1 N–H and O–H groups in total. The van der Waals surface area contributed by atoms with E-state index in [2.05, 4.69) is 76.9 Å². The van der Waals surface area contributed by atoms with Crippen LogP contribution >= 0.6 is 11.3 Å². The maximum atomic E-state index is 4.42. The second-order valence-corrected chi connectivity index (χ2v) is 8.63. The summed E-state index contributed by atoms with van der Waals surface area (Å²) in [5, 5.41) is 14.8. The smallest absolute Gasteiger partial charge is 0.209 e. The monoisotopic (exact) mass is 397 g/mol. The zero-order valence-electron chi connectivity index (χ0n) is 16.9. The molecule has 0 aliphatic carbocycles. The third kappa shape index (κ3) is 3.82. The molecule has 1 saturated heterocycles. The highest BCUT2D eigenvalue weighted by Crippen LogP contribution is 2.23. The lowest BCUT2D eigenvalue weighted by molar-refractivity contribution is -0.933. The van der Waals surface area contributed by atoms with Gasteiger partial charge in [0, 0.05) is 17.0 Å². The second kappa shape index (κ2) is 8.41. The summed E-state index contributed by atoms with van der Waals surface area (Å²) in [5.74, 6) is 1.02. The molecule has 0 spiro atoms. The molecule has 6 nitrogen and oxygen atoms in total. The lowest BCUT2D eigenvalue weighted by atomic mass is 10.1. The number of rotatable bonds is 6. The third-order valence-electron chi connectivity index (χ3n) is 5.98. The van der Waals surface area contributed by atoms with Gasteiger partial charge < -0.3 is 9.80 Å². The first-order valence-electron chi connectivity index (χ1n) is 10.1. The first-order valence-corrected chi connectivity index (χ1v) is 11.0. The second-order valence-electron chi connectivity index (χ2n) is 7.60. The van der Waals surface area contributed by atoms with E-state index >= 15 is 0 Å². The van der Waals surface area contributed by atoms with Gasteiger partial charge in [-0.15, -0.1) is 16.4 Å². The van der Waals surface area contributed by atoms with Gasteiger partial charge in [0.2, 0.25) is 5.82 Å². The average molecular weight is 398 g/mol. The fourth-order valence-corrected chi connectivity index (χ4v) is 4.93. The molecule has 1 aliphatic heterocycles. The van der Waals surface area contributed by atoms with Gasteiger partial charge in [-0.25, -0.2) is 4.68 Å². The Kier molecular flexibility index (Phi) is 5.73. The van der Waals surface area contributed by atoms with Gasteiger partial charge in [0.1, 0.15) is 6.04 Å². The Bertz CT molecular complexity index is 896. The largest absolute Gasteiger partial charge is 0.360 e. The molecule has 0 unspecified atom stereocenters. The number of hydrogen-bond donors (Lipinski definition) is 1. The summed E-state index contributed by atoms with van der Waals surface area (Å²) in [5.41, 5.74) is 4.15. The molecule has 0 saturated carbocycles. The van der Waals surface area contributed by atoms with Gasteiger partial charge in [0.05, 0.1) is 32.7 Å². The Morgan fingerprint density at radius 3 is 2.68 bits per heavy atom. The molecule has 1 aliphatic rings. The Balaban J connectivity index is 1.46. The van der Waals surface area contributed by atoms with Crippen LogP contribution in [-0.2, 0) is 6.54 Å². The number of tetrazole rings is 1. The van der Waals surface area contributed by atoms with E-state index in [9.17, 15) is 0 Å². The minimum Gasteiger partial charge on any atom is -0.360 e. The molecule has 3 aromatic rings. The number of anilines is 1. The van der Waals surface area contributed by atoms with Crippen LogP contribution in [-0.4, -0.2) is 46.4 Å². The van der Waals surface area contributed by atoms with E-state index in [1.807, 2.05) is 4.68 Å². The molecule has 2 aromatic heterocycles. The zero-order valence-corrected chi connectivity index (χ0v) is 17.7.